The molecule has 1 heteroatoms. The second kappa shape index (κ2) is 4.13. The molecule has 0 saturated heterocycles. The molecule has 0 aromatic heterocycles. The summed E-state index contributed by atoms with van der Waals surface area (Å²) in [5.41, 5.74) is 0. The van der Waals surface area contributed by atoms with Crippen LogP contribution in [0.1, 0.15) is 6.42 Å². The molecule has 6 heavy (non-hydrogen) atoms. The van der Waals surface area contributed by atoms with Gasteiger partial charge in [0.25, 0.3) is 0 Å². The predicted octanol–water partition coefficient (Wildman–Crippen LogP) is 0.586. The van der Waals surface area contributed by atoms with Gasteiger partial charge in [-0.2, -0.15) is 0 Å². The van der Waals surface area contributed by atoms with Crippen molar-refractivity contribution >= 4 is 45.5 Å². The molecule has 1 aliphatic rings. The topological polar surface area (TPSA) is 0 Å². The van der Waals surface area contributed by atoms with Crippen LogP contribution in [0.2, 0.25) is 0 Å². The van der Waals surface area contributed by atoms with Crippen molar-refractivity contribution in [2.75, 3.05) is 0 Å². The molecule has 0 radical (unpaired) electrons. The summed E-state index contributed by atoms with van der Waals surface area (Å²) in [6.07, 6.45) is 9.50. The van der Waals surface area contributed by atoms with Crippen molar-refractivity contribution in [3.8, 4) is 0 Å². The van der Waals surface area contributed by atoms with Crippen molar-refractivity contribution in [1.29, 1.82) is 0 Å². The molecule has 0 heterocycles. The van der Waals surface area contributed by atoms with Gasteiger partial charge in [-0.05, 0) is 6.42 Å². The van der Waals surface area contributed by atoms with Crippen LogP contribution in [0.4, 0.5) is 0 Å². The summed E-state index contributed by atoms with van der Waals surface area (Å²) < 4.78 is 0. The predicted molar refractivity (Wildman–Crippen MR) is 31.4 cm³/mol. The van der Waals surface area contributed by atoms with Crippen molar-refractivity contribution in [2.24, 2.45) is 0 Å². The summed E-state index contributed by atoms with van der Waals surface area (Å²) in [6, 6.07) is 0. The second-order valence-corrected chi connectivity index (χ2v) is 1.09. The van der Waals surface area contributed by atoms with Crippen molar-refractivity contribution in [3.05, 3.63) is 24.3 Å². The van der Waals surface area contributed by atoms with Crippen LogP contribution in [0.15, 0.2) is 24.3 Å². The van der Waals surface area contributed by atoms with E-state index in [1.807, 2.05) is 0 Å². The molecule has 0 atom stereocenters. The monoisotopic (exact) mass is 156 g/mol. The van der Waals surface area contributed by atoms with Crippen molar-refractivity contribution in [3.63, 3.8) is 0 Å². The molecule has 0 fully saturated rings. The normalized spacial score (nSPS) is 14.7. The van der Waals surface area contributed by atoms with Gasteiger partial charge in [0.05, 0.1) is 0 Å². The van der Waals surface area contributed by atoms with Crippen LogP contribution in [0.25, 0.3) is 0 Å². The Labute approximate surface area is 75.2 Å². The number of rotatable bonds is 0. The fraction of sp³-hybridized carbons (Fsp3) is 0.200. The van der Waals surface area contributed by atoms with Crippen LogP contribution < -0.4 is 0 Å². The van der Waals surface area contributed by atoms with E-state index in [4.69, 9.17) is 0 Å². The standard InChI is InChI=1S/C5H6.Sr.2H/c1-2-4-5-3-1;;;/h1-4H,5H2;;;. The molecule has 0 N–H and O–H groups in total. The van der Waals surface area contributed by atoms with Gasteiger partial charge in [-0.15, -0.1) is 0 Å². The average molecular weight is 156 g/mol. The molecule has 0 aromatic rings. The van der Waals surface area contributed by atoms with Crippen molar-refractivity contribution < 1.29 is 0 Å². The number of allylic oxidation sites excluding steroid dienone is 4. The molecular formula is C5H8Sr. The third kappa shape index (κ3) is 2.19. The van der Waals surface area contributed by atoms with Crippen LogP contribution in [0.5, 0.6) is 0 Å². The van der Waals surface area contributed by atoms with E-state index >= 15 is 0 Å². The van der Waals surface area contributed by atoms with E-state index in [9.17, 15) is 0 Å². The molecular weight excluding hydrogens is 148 g/mol. The van der Waals surface area contributed by atoms with Crippen molar-refractivity contribution in [2.45, 2.75) is 6.42 Å². The van der Waals surface area contributed by atoms with E-state index in [1.54, 1.807) is 0 Å². The molecule has 1 aliphatic carbocycles. The van der Waals surface area contributed by atoms with E-state index in [1.165, 1.54) is 0 Å². The second-order valence-electron chi connectivity index (χ2n) is 1.09. The van der Waals surface area contributed by atoms with E-state index < -0.39 is 0 Å². The van der Waals surface area contributed by atoms with E-state index in [-0.39, 0.29) is 45.5 Å². The van der Waals surface area contributed by atoms with Gasteiger partial charge in [0.15, 0.2) is 0 Å². The summed E-state index contributed by atoms with van der Waals surface area (Å²) in [7, 11) is 0. The molecule has 0 nitrogen and oxygen atoms in total. The van der Waals surface area contributed by atoms with E-state index in [2.05, 4.69) is 24.3 Å². The summed E-state index contributed by atoms with van der Waals surface area (Å²) >= 11 is 0. The van der Waals surface area contributed by atoms with Gasteiger partial charge in [-0.3, -0.25) is 0 Å². The average Bonchev–Trinajstić information content (AvgIpc) is 1.76. The number of hydrogen-bond acceptors (Lipinski definition) is 0. The summed E-state index contributed by atoms with van der Waals surface area (Å²) in [5, 5.41) is 0. The quantitative estimate of drug-likeness (QED) is 0.450. The Kier molecular flexibility index (Phi) is 4.79. The fourth-order valence-corrected chi connectivity index (χ4v) is 0.393. The molecule has 0 aromatic carbocycles. The molecule has 0 aliphatic heterocycles. The molecule has 0 unspecified atom stereocenters. The molecule has 0 bridgehead atoms. The SMILES string of the molecule is C1=CCC=C1.[SrH2]. The fourth-order valence-electron chi connectivity index (χ4n) is 0.393. The van der Waals surface area contributed by atoms with Gasteiger partial charge in [-0.1, -0.05) is 24.3 Å². The van der Waals surface area contributed by atoms with Gasteiger partial charge in [0.2, 0.25) is 0 Å². The van der Waals surface area contributed by atoms with E-state index in [0.29, 0.717) is 0 Å². The Bertz CT molecular complexity index is 62.0. The Morgan fingerprint density at radius 2 is 1.50 bits per heavy atom. The zero-order chi connectivity index (χ0) is 3.54. The third-order valence-electron chi connectivity index (χ3n) is 0.655. The van der Waals surface area contributed by atoms with Crippen LogP contribution in [0.3, 0.4) is 0 Å². The van der Waals surface area contributed by atoms with Gasteiger partial charge < -0.3 is 0 Å². The Morgan fingerprint density at radius 3 is 1.67 bits per heavy atom. The van der Waals surface area contributed by atoms with E-state index in [0.717, 1.165) is 6.42 Å². The zero-order valence-corrected chi connectivity index (χ0v) is 3.02. The minimum absolute atomic E-state index is 0. The summed E-state index contributed by atoms with van der Waals surface area (Å²) in [4.78, 5) is 0. The Morgan fingerprint density at radius 1 is 1.00 bits per heavy atom. The first-order chi connectivity index (χ1) is 2.50. The van der Waals surface area contributed by atoms with Crippen LogP contribution >= 0.6 is 0 Å². The molecule has 0 spiro atoms. The van der Waals surface area contributed by atoms with Crippen LogP contribution in [-0.4, -0.2) is 45.5 Å². The number of hydrogen-bond donors (Lipinski definition) is 0. The van der Waals surface area contributed by atoms with Crippen LogP contribution in [-0.2, 0) is 0 Å². The maximum absolute atomic E-state index is 2.12. The third-order valence-corrected chi connectivity index (χ3v) is 0.655. The van der Waals surface area contributed by atoms with Crippen LogP contribution in [0, 0.1) is 0 Å². The van der Waals surface area contributed by atoms with Gasteiger partial charge >= 0.3 is 45.5 Å². The molecule has 0 saturated carbocycles. The first-order valence-electron chi connectivity index (χ1n) is 1.82. The molecule has 0 amide bonds. The summed E-state index contributed by atoms with van der Waals surface area (Å²) in [6.45, 7) is 0. The first-order valence-corrected chi connectivity index (χ1v) is 1.82. The maximum atomic E-state index is 2.12. The molecule has 30 valence electrons. The van der Waals surface area contributed by atoms with Crippen molar-refractivity contribution in [1.82, 2.24) is 0 Å². The minimum atomic E-state index is 0. The zero-order valence-electron chi connectivity index (χ0n) is 3.02. The Hall–Kier alpha value is 0.961. The molecule has 1 rings (SSSR count). The Balaban J connectivity index is 0.000000250. The van der Waals surface area contributed by atoms with Gasteiger partial charge in [0, 0.05) is 0 Å². The van der Waals surface area contributed by atoms with Gasteiger partial charge in [-0.25, -0.2) is 0 Å². The summed E-state index contributed by atoms with van der Waals surface area (Å²) in [5.74, 6) is 0. The first kappa shape index (κ1) is 6.96. The van der Waals surface area contributed by atoms with Gasteiger partial charge in [0.1, 0.15) is 0 Å².